The molecule has 0 bridgehead atoms. The predicted octanol–water partition coefficient (Wildman–Crippen LogP) is 5.01. The standard InChI is InChI=1S/C22H23ClN2O/c1-24-13-5-4-6-18(24)14-25-15-20(19-7-2-3-8-21(19)25)22(26)16-9-11-17(23)12-10-16/h2-3,7-12,15,18H,4-6,13-14H2,1H3. The summed E-state index contributed by atoms with van der Waals surface area (Å²) < 4.78 is 2.25. The predicted molar refractivity (Wildman–Crippen MR) is 107 cm³/mol. The van der Waals surface area contributed by atoms with E-state index in [4.69, 9.17) is 11.6 Å². The molecule has 0 saturated carbocycles. The van der Waals surface area contributed by atoms with Crippen molar-refractivity contribution in [3.8, 4) is 0 Å². The van der Waals surface area contributed by atoms with Crippen molar-refractivity contribution in [2.45, 2.75) is 31.8 Å². The molecule has 1 aliphatic heterocycles. The lowest BCUT2D eigenvalue weighted by molar-refractivity contribution is 0.104. The van der Waals surface area contributed by atoms with Crippen molar-refractivity contribution in [1.29, 1.82) is 0 Å². The minimum absolute atomic E-state index is 0.0496. The molecule has 0 N–H and O–H groups in total. The van der Waals surface area contributed by atoms with Crippen LogP contribution in [0.1, 0.15) is 35.2 Å². The van der Waals surface area contributed by atoms with E-state index in [0.717, 1.165) is 29.6 Å². The number of halogens is 1. The van der Waals surface area contributed by atoms with Gasteiger partial charge in [-0.25, -0.2) is 0 Å². The summed E-state index contributed by atoms with van der Waals surface area (Å²) in [5, 5.41) is 1.66. The van der Waals surface area contributed by atoms with E-state index in [1.165, 1.54) is 19.3 Å². The monoisotopic (exact) mass is 366 g/mol. The van der Waals surface area contributed by atoms with E-state index in [1.807, 2.05) is 24.4 Å². The molecule has 1 fully saturated rings. The van der Waals surface area contributed by atoms with Crippen LogP contribution in [0, 0.1) is 0 Å². The Labute approximate surface area is 159 Å². The van der Waals surface area contributed by atoms with E-state index in [2.05, 4.69) is 22.6 Å². The van der Waals surface area contributed by atoms with Crippen molar-refractivity contribution in [1.82, 2.24) is 9.47 Å². The number of fused-ring (bicyclic) bond motifs is 1. The molecular formula is C22H23ClN2O. The number of carbonyl (C=O) groups is 1. The van der Waals surface area contributed by atoms with Gasteiger partial charge in [0.05, 0.1) is 0 Å². The van der Waals surface area contributed by atoms with Crippen molar-refractivity contribution in [2.75, 3.05) is 13.6 Å². The van der Waals surface area contributed by atoms with Crippen LogP contribution in [-0.2, 0) is 6.54 Å². The molecule has 4 heteroatoms. The highest BCUT2D eigenvalue weighted by molar-refractivity contribution is 6.30. The van der Waals surface area contributed by atoms with E-state index in [-0.39, 0.29) is 5.78 Å². The van der Waals surface area contributed by atoms with Gasteiger partial charge in [-0.15, -0.1) is 0 Å². The first-order valence-electron chi connectivity index (χ1n) is 9.22. The minimum atomic E-state index is 0.0496. The van der Waals surface area contributed by atoms with Crippen LogP contribution in [0.5, 0.6) is 0 Å². The Kier molecular flexibility index (Phi) is 4.84. The molecular weight excluding hydrogens is 344 g/mol. The van der Waals surface area contributed by atoms with Crippen LogP contribution in [0.4, 0.5) is 0 Å². The fraction of sp³-hybridized carbons (Fsp3) is 0.318. The van der Waals surface area contributed by atoms with Gasteiger partial charge in [0.2, 0.25) is 0 Å². The molecule has 2 aromatic carbocycles. The lowest BCUT2D eigenvalue weighted by Crippen LogP contribution is -2.39. The minimum Gasteiger partial charge on any atom is -0.345 e. The second kappa shape index (κ2) is 7.26. The summed E-state index contributed by atoms with van der Waals surface area (Å²) in [5.41, 5.74) is 2.57. The van der Waals surface area contributed by atoms with Gasteiger partial charge >= 0.3 is 0 Å². The van der Waals surface area contributed by atoms with Crippen LogP contribution in [-0.4, -0.2) is 34.9 Å². The first-order chi connectivity index (χ1) is 12.6. The fourth-order valence-corrected chi connectivity index (χ4v) is 4.06. The maximum atomic E-state index is 13.1. The highest BCUT2D eigenvalue weighted by atomic mass is 35.5. The zero-order chi connectivity index (χ0) is 18.1. The normalized spacial score (nSPS) is 18.3. The van der Waals surface area contributed by atoms with Crippen LogP contribution in [0.2, 0.25) is 5.02 Å². The summed E-state index contributed by atoms with van der Waals surface area (Å²) >= 11 is 5.96. The van der Waals surface area contributed by atoms with Gasteiger partial charge in [0.1, 0.15) is 0 Å². The third kappa shape index (κ3) is 3.29. The molecule has 1 aromatic heterocycles. The number of benzene rings is 2. The molecule has 26 heavy (non-hydrogen) atoms. The summed E-state index contributed by atoms with van der Waals surface area (Å²) in [6.45, 7) is 2.07. The Morgan fingerprint density at radius 1 is 1.12 bits per heavy atom. The molecule has 134 valence electrons. The smallest absolute Gasteiger partial charge is 0.195 e. The number of likely N-dealkylation sites (N-methyl/N-ethyl adjacent to an activating group) is 1. The highest BCUT2D eigenvalue weighted by Gasteiger charge is 2.22. The maximum Gasteiger partial charge on any atom is 0.195 e. The average Bonchev–Trinajstić information content (AvgIpc) is 3.02. The number of ketones is 1. The Hall–Kier alpha value is -2.10. The second-order valence-corrected chi connectivity index (χ2v) is 7.61. The van der Waals surface area contributed by atoms with Gasteiger partial charge in [0.25, 0.3) is 0 Å². The molecule has 2 heterocycles. The summed E-state index contributed by atoms with van der Waals surface area (Å²) in [5.74, 6) is 0.0496. The van der Waals surface area contributed by atoms with E-state index < -0.39 is 0 Å². The zero-order valence-corrected chi connectivity index (χ0v) is 15.7. The van der Waals surface area contributed by atoms with Gasteiger partial charge in [-0.05, 0) is 56.8 Å². The number of hydrogen-bond donors (Lipinski definition) is 0. The third-order valence-electron chi connectivity index (χ3n) is 5.47. The third-order valence-corrected chi connectivity index (χ3v) is 5.72. The summed E-state index contributed by atoms with van der Waals surface area (Å²) in [4.78, 5) is 15.5. The van der Waals surface area contributed by atoms with Crippen LogP contribution in [0.25, 0.3) is 10.9 Å². The Morgan fingerprint density at radius 2 is 1.88 bits per heavy atom. The van der Waals surface area contributed by atoms with Crippen molar-refractivity contribution >= 4 is 28.3 Å². The van der Waals surface area contributed by atoms with E-state index in [9.17, 15) is 4.79 Å². The van der Waals surface area contributed by atoms with E-state index in [1.54, 1.807) is 24.3 Å². The largest absolute Gasteiger partial charge is 0.345 e. The summed E-state index contributed by atoms with van der Waals surface area (Å²) in [6, 6.07) is 15.8. The number of para-hydroxylation sites is 1. The van der Waals surface area contributed by atoms with Crippen molar-refractivity contribution in [2.24, 2.45) is 0 Å². The zero-order valence-electron chi connectivity index (χ0n) is 15.0. The first-order valence-corrected chi connectivity index (χ1v) is 9.59. The Balaban J connectivity index is 1.71. The molecule has 3 aromatic rings. The van der Waals surface area contributed by atoms with Crippen molar-refractivity contribution < 1.29 is 4.79 Å². The SMILES string of the molecule is CN1CCCCC1Cn1cc(C(=O)c2ccc(Cl)cc2)c2ccccc21. The van der Waals surface area contributed by atoms with Crippen molar-refractivity contribution in [3.63, 3.8) is 0 Å². The highest BCUT2D eigenvalue weighted by Crippen LogP contribution is 2.26. The molecule has 1 aliphatic rings. The number of rotatable bonds is 4. The molecule has 0 aliphatic carbocycles. The summed E-state index contributed by atoms with van der Waals surface area (Å²) in [7, 11) is 2.20. The van der Waals surface area contributed by atoms with Crippen LogP contribution < -0.4 is 0 Å². The first kappa shape index (κ1) is 17.3. The van der Waals surface area contributed by atoms with E-state index >= 15 is 0 Å². The molecule has 4 rings (SSSR count). The quantitative estimate of drug-likeness (QED) is 0.606. The fourth-order valence-electron chi connectivity index (χ4n) is 3.94. The van der Waals surface area contributed by atoms with Gasteiger partial charge in [0, 0.05) is 45.8 Å². The number of carbonyl (C=O) groups excluding carboxylic acids is 1. The van der Waals surface area contributed by atoms with Gasteiger partial charge in [-0.2, -0.15) is 0 Å². The van der Waals surface area contributed by atoms with E-state index in [0.29, 0.717) is 16.6 Å². The number of piperidine rings is 1. The number of likely N-dealkylation sites (tertiary alicyclic amines) is 1. The topological polar surface area (TPSA) is 25.2 Å². The van der Waals surface area contributed by atoms with Crippen LogP contribution >= 0.6 is 11.6 Å². The lowest BCUT2D eigenvalue weighted by atomic mass is 10.0. The molecule has 0 spiro atoms. The molecule has 1 unspecified atom stereocenters. The number of aromatic nitrogens is 1. The van der Waals surface area contributed by atoms with Crippen molar-refractivity contribution in [3.05, 3.63) is 70.9 Å². The van der Waals surface area contributed by atoms with Gasteiger partial charge in [0.15, 0.2) is 5.78 Å². The lowest BCUT2D eigenvalue weighted by Gasteiger charge is -2.32. The maximum absolute atomic E-state index is 13.1. The number of nitrogens with zero attached hydrogens (tertiary/aromatic N) is 2. The van der Waals surface area contributed by atoms with Gasteiger partial charge < -0.3 is 9.47 Å². The average molecular weight is 367 g/mol. The van der Waals surface area contributed by atoms with Gasteiger partial charge in [-0.1, -0.05) is 36.2 Å². The number of hydrogen-bond acceptors (Lipinski definition) is 2. The van der Waals surface area contributed by atoms with Gasteiger partial charge in [-0.3, -0.25) is 4.79 Å². The molecule has 3 nitrogen and oxygen atoms in total. The Morgan fingerprint density at radius 3 is 2.65 bits per heavy atom. The summed E-state index contributed by atoms with van der Waals surface area (Å²) in [6.07, 6.45) is 5.80. The Bertz CT molecular complexity index is 929. The van der Waals surface area contributed by atoms with Crippen LogP contribution in [0.15, 0.2) is 54.7 Å². The second-order valence-electron chi connectivity index (χ2n) is 7.18. The van der Waals surface area contributed by atoms with Crippen LogP contribution in [0.3, 0.4) is 0 Å². The molecule has 0 amide bonds. The molecule has 1 saturated heterocycles. The molecule has 0 radical (unpaired) electrons. The molecule has 1 atom stereocenters.